The molecule has 3 rings (SSSR count). The molecule has 1 saturated heterocycles. The van der Waals surface area contributed by atoms with Gasteiger partial charge in [-0.2, -0.15) is 5.26 Å². The first kappa shape index (κ1) is 18.1. The third kappa shape index (κ3) is 3.13. The van der Waals surface area contributed by atoms with Crippen molar-refractivity contribution in [2.24, 2.45) is 0 Å². The smallest absolute Gasteiger partial charge is 0.325 e. The Labute approximate surface area is 156 Å². The van der Waals surface area contributed by atoms with Crippen LogP contribution in [0, 0.1) is 11.3 Å². The lowest BCUT2D eigenvalue weighted by Gasteiger charge is -2.22. The molecule has 0 aromatic heterocycles. The predicted molar refractivity (Wildman–Crippen MR) is 96.1 cm³/mol. The monoisotopic (exact) mass is 363 g/mol. The number of ether oxygens (including phenoxy) is 1. The highest BCUT2D eigenvalue weighted by Crippen LogP contribution is 2.29. The Morgan fingerprint density at radius 1 is 1.19 bits per heavy atom. The Bertz CT molecular complexity index is 962. The van der Waals surface area contributed by atoms with Gasteiger partial charge in [0.15, 0.2) is 5.78 Å². The zero-order chi connectivity index (χ0) is 19.6. The molecule has 0 aliphatic carbocycles. The Hall–Kier alpha value is -3.66. The summed E-state index contributed by atoms with van der Waals surface area (Å²) in [5.41, 5.74) is -0.0199. The summed E-state index contributed by atoms with van der Waals surface area (Å²) in [7, 11) is 1.45. The molecule has 7 heteroatoms. The van der Waals surface area contributed by atoms with Crippen LogP contribution in [0.4, 0.5) is 4.79 Å². The van der Waals surface area contributed by atoms with E-state index in [1.165, 1.54) is 7.11 Å². The summed E-state index contributed by atoms with van der Waals surface area (Å²) >= 11 is 0. The van der Waals surface area contributed by atoms with Crippen LogP contribution in [0.1, 0.15) is 28.4 Å². The van der Waals surface area contributed by atoms with Crippen molar-refractivity contribution in [1.29, 1.82) is 5.26 Å². The number of methoxy groups -OCH3 is 1. The first-order valence-electron chi connectivity index (χ1n) is 8.21. The third-order valence-corrected chi connectivity index (χ3v) is 4.58. The predicted octanol–water partition coefficient (Wildman–Crippen LogP) is 2.22. The van der Waals surface area contributed by atoms with Gasteiger partial charge in [0.05, 0.1) is 30.9 Å². The lowest BCUT2D eigenvalue weighted by atomic mass is 9.91. The summed E-state index contributed by atoms with van der Waals surface area (Å²) in [6.07, 6.45) is 0. The quantitative estimate of drug-likeness (QED) is 0.649. The van der Waals surface area contributed by atoms with Crippen LogP contribution in [0.15, 0.2) is 48.5 Å². The van der Waals surface area contributed by atoms with E-state index >= 15 is 0 Å². The SMILES string of the molecule is COc1ccccc1C(=O)CN1C(=O)NC(C)(c2ccc(C#N)cc2)C1=O. The maximum Gasteiger partial charge on any atom is 0.325 e. The Kier molecular flexibility index (Phi) is 4.65. The van der Waals surface area contributed by atoms with Gasteiger partial charge in [0.2, 0.25) is 0 Å². The number of ketones is 1. The van der Waals surface area contributed by atoms with E-state index in [0.29, 0.717) is 22.4 Å². The zero-order valence-corrected chi connectivity index (χ0v) is 14.9. The minimum atomic E-state index is -1.30. The van der Waals surface area contributed by atoms with Crippen molar-refractivity contribution in [3.05, 3.63) is 65.2 Å². The number of rotatable bonds is 5. The number of amides is 3. The minimum Gasteiger partial charge on any atom is -0.496 e. The number of nitriles is 1. The molecule has 2 aromatic rings. The molecule has 0 bridgehead atoms. The first-order valence-corrected chi connectivity index (χ1v) is 8.21. The van der Waals surface area contributed by atoms with E-state index in [4.69, 9.17) is 10.00 Å². The van der Waals surface area contributed by atoms with Crippen molar-refractivity contribution in [3.8, 4) is 11.8 Å². The number of hydrogen-bond acceptors (Lipinski definition) is 5. The van der Waals surface area contributed by atoms with Crippen LogP contribution in [-0.2, 0) is 10.3 Å². The second-order valence-electron chi connectivity index (χ2n) is 6.26. The molecule has 7 nitrogen and oxygen atoms in total. The molecular weight excluding hydrogens is 346 g/mol. The topological polar surface area (TPSA) is 99.5 Å². The molecule has 0 saturated carbocycles. The highest BCUT2D eigenvalue weighted by atomic mass is 16.5. The van der Waals surface area contributed by atoms with Gasteiger partial charge >= 0.3 is 6.03 Å². The van der Waals surface area contributed by atoms with E-state index in [-0.39, 0.29) is 0 Å². The Balaban J connectivity index is 1.85. The highest BCUT2D eigenvalue weighted by Gasteiger charge is 2.49. The molecule has 1 heterocycles. The van der Waals surface area contributed by atoms with Crippen LogP contribution in [0.2, 0.25) is 0 Å². The number of imide groups is 1. The van der Waals surface area contributed by atoms with Crippen LogP contribution in [-0.4, -0.2) is 36.3 Å². The molecule has 2 aromatic carbocycles. The number of nitrogens with zero attached hydrogens (tertiary/aromatic N) is 2. The Morgan fingerprint density at radius 3 is 2.48 bits per heavy atom. The normalized spacial score (nSPS) is 18.8. The van der Waals surface area contributed by atoms with Crippen molar-refractivity contribution < 1.29 is 19.1 Å². The molecule has 1 fully saturated rings. The number of hydrogen-bond donors (Lipinski definition) is 1. The molecule has 1 atom stereocenters. The maximum atomic E-state index is 12.9. The third-order valence-electron chi connectivity index (χ3n) is 4.58. The van der Waals surface area contributed by atoms with Crippen molar-refractivity contribution in [2.45, 2.75) is 12.5 Å². The number of para-hydroxylation sites is 1. The van der Waals surface area contributed by atoms with Gasteiger partial charge in [-0.15, -0.1) is 0 Å². The molecule has 1 aliphatic heterocycles. The van der Waals surface area contributed by atoms with Gasteiger partial charge in [-0.25, -0.2) is 4.79 Å². The second kappa shape index (κ2) is 6.92. The first-order chi connectivity index (χ1) is 12.9. The van der Waals surface area contributed by atoms with E-state index in [9.17, 15) is 14.4 Å². The molecular formula is C20H17N3O4. The van der Waals surface area contributed by atoms with Crippen LogP contribution in [0.25, 0.3) is 0 Å². The largest absolute Gasteiger partial charge is 0.496 e. The fraction of sp³-hybridized carbons (Fsp3) is 0.200. The zero-order valence-electron chi connectivity index (χ0n) is 14.9. The van der Waals surface area contributed by atoms with E-state index in [1.807, 2.05) is 6.07 Å². The number of urea groups is 1. The molecule has 27 heavy (non-hydrogen) atoms. The molecule has 1 aliphatic rings. The van der Waals surface area contributed by atoms with Crippen LogP contribution in [0.5, 0.6) is 5.75 Å². The fourth-order valence-electron chi connectivity index (χ4n) is 3.02. The van der Waals surface area contributed by atoms with Crippen molar-refractivity contribution in [2.75, 3.05) is 13.7 Å². The van der Waals surface area contributed by atoms with Gasteiger partial charge in [-0.05, 0) is 36.8 Å². The van der Waals surface area contributed by atoms with Crippen molar-refractivity contribution >= 4 is 17.7 Å². The van der Waals surface area contributed by atoms with E-state index in [2.05, 4.69) is 5.32 Å². The molecule has 1 unspecified atom stereocenters. The van der Waals surface area contributed by atoms with Gasteiger partial charge in [0, 0.05) is 0 Å². The van der Waals surface area contributed by atoms with Gasteiger partial charge in [0.25, 0.3) is 5.91 Å². The van der Waals surface area contributed by atoms with Gasteiger partial charge in [0.1, 0.15) is 11.3 Å². The van der Waals surface area contributed by atoms with Crippen molar-refractivity contribution in [3.63, 3.8) is 0 Å². The molecule has 136 valence electrons. The molecule has 0 spiro atoms. The highest BCUT2D eigenvalue weighted by molar-refractivity contribution is 6.11. The summed E-state index contributed by atoms with van der Waals surface area (Å²) in [5.74, 6) is -0.551. The van der Waals surface area contributed by atoms with Crippen molar-refractivity contribution in [1.82, 2.24) is 10.2 Å². The summed E-state index contributed by atoms with van der Waals surface area (Å²) in [5, 5.41) is 11.5. The number of Topliss-reactive ketones (excluding diaryl/α,β-unsaturated/α-hetero) is 1. The van der Waals surface area contributed by atoms with Gasteiger partial charge < -0.3 is 10.1 Å². The number of carbonyl (C=O) groups excluding carboxylic acids is 3. The maximum absolute atomic E-state index is 12.9. The minimum absolute atomic E-state index is 0.299. The standard InChI is InChI=1S/C20H17N3O4/c1-20(14-9-7-13(11-21)8-10-14)18(25)23(19(26)22-20)12-16(24)15-5-3-4-6-17(15)27-2/h3-10H,12H2,1-2H3,(H,22,26). The Morgan fingerprint density at radius 2 is 1.85 bits per heavy atom. The van der Waals surface area contributed by atoms with E-state index in [0.717, 1.165) is 4.90 Å². The van der Waals surface area contributed by atoms with Crippen LogP contribution in [0.3, 0.4) is 0 Å². The van der Waals surface area contributed by atoms with E-state index in [1.54, 1.807) is 55.5 Å². The van der Waals surface area contributed by atoms with E-state index < -0.39 is 29.8 Å². The molecule has 1 N–H and O–H groups in total. The molecule has 3 amide bonds. The summed E-state index contributed by atoms with van der Waals surface area (Å²) in [4.78, 5) is 38.8. The number of nitrogens with one attached hydrogen (secondary N) is 1. The van der Waals surface area contributed by atoms with Gasteiger partial charge in [-0.1, -0.05) is 24.3 Å². The van der Waals surface area contributed by atoms with Gasteiger partial charge in [-0.3, -0.25) is 14.5 Å². The fourth-order valence-corrected chi connectivity index (χ4v) is 3.02. The lowest BCUT2D eigenvalue weighted by Crippen LogP contribution is -2.41. The summed E-state index contributed by atoms with van der Waals surface area (Å²) in [6, 6.07) is 14.4. The second-order valence-corrected chi connectivity index (χ2v) is 6.26. The lowest BCUT2D eigenvalue weighted by molar-refractivity contribution is -0.130. The van der Waals surface area contributed by atoms with Crippen LogP contribution >= 0.6 is 0 Å². The average molecular weight is 363 g/mol. The average Bonchev–Trinajstić information content (AvgIpc) is 2.91. The number of benzene rings is 2. The summed E-state index contributed by atoms with van der Waals surface area (Å²) in [6.45, 7) is 1.18. The summed E-state index contributed by atoms with van der Waals surface area (Å²) < 4.78 is 5.17. The number of carbonyl (C=O) groups is 3. The molecule has 0 radical (unpaired) electrons. The van der Waals surface area contributed by atoms with Crippen LogP contribution < -0.4 is 10.1 Å².